The van der Waals surface area contributed by atoms with E-state index < -0.39 is 0 Å². The fraction of sp³-hybridized carbons (Fsp3) is 0.333. The number of para-hydroxylation sites is 1. The predicted molar refractivity (Wildman–Crippen MR) is 132 cm³/mol. The molecule has 29 heavy (non-hydrogen) atoms. The minimum Gasteiger partial charge on any atom is -0.361 e. The van der Waals surface area contributed by atoms with Gasteiger partial charge in [0.2, 0.25) is 5.91 Å². The van der Waals surface area contributed by atoms with Crippen LogP contribution in [0.15, 0.2) is 53.0 Å². The number of likely N-dealkylation sites (N-methyl/N-ethyl adjacent to an activating group) is 1. The van der Waals surface area contributed by atoms with E-state index in [1.54, 1.807) is 30.3 Å². The number of carbonyl (C=O) groups excluding carboxylic acids is 1. The Morgan fingerprint density at radius 3 is 2.59 bits per heavy atom. The summed E-state index contributed by atoms with van der Waals surface area (Å²) >= 11 is 1.75. The molecule has 0 aliphatic heterocycles. The third kappa shape index (κ3) is 7.04. The molecule has 0 radical (unpaired) electrons. The van der Waals surface area contributed by atoms with Crippen molar-refractivity contribution in [2.45, 2.75) is 12.8 Å². The maximum atomic E-state index is 11.9. The SMILES string of the molecule is CN(C)C(=O)CN=C(NCCc1cccs1)NCCc1c[nH]c2ccccc12.I. The molecule has 156 valence electrons. The molecule has 2 aromatic heterocycles. The fourth-order valence-electron chi connectivity index (χ4n) is 2.88. The molecule has 0 aliphatic rings. The molecule has 1 amide bonds. The van der Waals surface area contributed by atoms with Gasteiger partial charge in [0.25, 0.3) is 0 Å². The van der Waals surface area contributed by atoms with Crippen molar-refractivity contribution in [1.82, 2.24) is 20.5 Å². The minimum atomic E-state index is -0.0176. The van der Waals surface area contributed by atoms with Crippen molar-refractivity contribution < 1.29 is 4.79 Å². The van der Waals surface area contributed by atoms with E-state index in [-0.39, 0.29) is 36.4 Å². The van der Waals surface area contributed by atoms with Crippen molar-refractivity contribution in [1.29, 1.82) is 0 Å². The van der Waals surface area contributed by atoms with Crippen molar-refractivity contribution in [3.8, 4) is 0 Å². The van der Waals surface area contributed by atoms with Crippen LogP contribution in [0.4, 0.5) is 0 Å². The number of H-pyrrole nitrogens is 1. The summed E-state index contributed by atoms with van der Waals surface area (Å²) in [6.45, 7) is 1.65. The number of nitrogens with one attached hydrogen (secondary N) is 3. The number of benzene rings is 1. The Labute approximate surface area is 192 Å². The van der Waals surface area contributed by atoms with Crippen molar-refractivity contribution in [3.05, 3.63) is 58.4 Å². The number of rotatable bonds is 8. The van der Waals surface area contributed by atoms with Gasteiger partial charge in [0, 0.05) is 49.2 Å². The predicted octanol–water partition coefficient (Wildman–Crippen LogP) is 3.26. The first-order valence-electron chi connectivity index (χ1n) is 9.43. The van der Waals surface area contributed by atoms with Gasteiger partial charge in [0.15, 0.2) is 5.96 Å². The van der Waals surface area contributed by atoms with Crippen LogP contribution in [0.25, 0.3) is 10.9 Å². The van der Waals surface area contributed by atoms with Gasteiger partial charge in [-0.25, -0.2) is 4.99 Å². The molecule has 0 saturated carbocycles. The van der Waals surface area contributed by atoms with Gasteiger partial charge in [0.05, 0.1) is 0 Å². The van der Waals surface area contributed by atoms with Gasteiger partial charge in [-0.3, -0.25) is 4.79 Å². The Bertz CT molecular complexity index is 920. The Kier molecular flexibility index (Phi) is 9.46. The van der Waals surface area contributed by atoms with E-state index in [9.17, 15) is 4.79 Å². The normalized spacial score (nSPS) is 11.2. The first-order chi connectivity index (χ1) is 13.6. The Morgan fingerprint density at radius 2 is 1.86 bits per heavy atom. The second-order valence-electron chi connectivity index (χ2n) is 6.75. The van der Waals surface area contributed by atoms with Crippen LogP contribution in [0.3, 0.4) is 0 Å². The largest absolute Gasteiger partial charge is 0.361 e. The second kappa shape index (κ2) is 11.8. The Hall–Kier alpha value is -2.07. The lowest BCUT2D eigenvalue weighted by Crippen LogP contribution is -2.40. The third-order valence-corrected chi connectivity index (χ3v) is 5.41. The van der Waals surface area contributed by atoms with Gasteiger partial charge in [0.1, 0.15) is 6.54 Å². The van der Waals surface area contributed by atoms with Crippen molar-refractivity contribution >= 4 is 58.1 Å². The van der Waals surface area contributed by atoms with E-state index in [1.165, 1.54) is 15.8 Å². The third-order valence-electron chi connectivity index (χ3n) is 4.48. The lowest BCUT2D eigenvalue weighted by atomic mass is 10.1. The van der Waals surface area contributed by atoms with E-state index in [1.807, 2.05) is 6.07 Å². The van der Waals surface area contributed by atoms with E-state index in [4.69, 9.17) is 0 Å². The molecule has 0 spiro atoms. The molecule has 0 bridgehead atoms. The highest BCUT2D eigenvalue weighted by molar-refractivity contribution is 14.0. The number of hydrogen-bond acceptors (Lipinski definition) is 3. The average molecular weight is 525 g/mol. The number of aromatic nitrogens is 1. The molecule has 8 heteroatoms. The van der Waals surface area contributed by atoms with Crippen LogP contribution in [-0.4, -0.2) is 55.5 Å². The Morgan fingerprint density at radius 1 is 1.10 bits per heavy atom. The van der Waals surface area contributed by atoms with Gasteiger partial charge < -0.3 is 20.5 Å². The molecule has 6 nitrogen and oxygen atoms in total. The lowest BCUT2D eigenvalue weighted by molar-refractivity contribution is -0.127. The summed E-state index contributed by atoms with van der Waals surface area (Å²) in [5.74, 6) is 0.655. The van der Waals surface area contributed by atoms with Crippen LogP contribution >= 0.6 is 35.3 Å². The molecule has 2 heterocycles. The maximum absolute atomic E-state index is 11.9. The standard InChI is InChI=1S/C21H27N5OS.HI/c1-26(2)20(27)15-25-21(23-12-10-17-6-5-13-28-17)22-11-9-16-14-24-19-8-4-3-7-18(16)19;/h3-8,13-14,24H,9-12,15H2,1-2H3,(H2,22,23,25);1H. The van der Waals surface area contributed by atoms with Crippen LogP contribution in [-0.2, 0) is 17.6 Å². The molecule has 3 aromatic rings. The summed E-state index contributed by atoms with van der Waals surface area (Å²) in [7, 11) is 3.48. The highest BCUT2D eigenvalue weighted by atomic mass is 127. The van der Waals surface area contributed by atoms with Crippen LogP contribution < -0.4 is 10.6 Å². The van der Waals surface area contributed by atoms with Crippen molar-refractivity contribution in [2.75, 3.05) is 33.7 Å². The molecule has 0 fully saturated rings. The number of carbonyl (C=O) groups is 1. The topological polar surface area (TPSA) is 72.5 Å². The number of halogens is 1. The molecule has 0 unspecified atom stereocenters. The van der Waals surface area contributed by atoms with Gasteiger partial charge >= 0.3 is 0 Å². The molecule has 1 aromatic carbocycles. The molecule has 3 N–H and O–H groups in total. The van der Waals surface area contributed by atoms with E-state index in [2.05, 4.69) is 62.5 Å². The number of fused-ring (bicyclic) bond motifs is 1. The summed E-state index contributed by atoms with van der Waals surface area (Å²) in [5, 5.41) is 10.0. The van der Waals surface area contributed by atoms with Gasteiger partial charge in [-0.05, 0) is 35.9 Å². The number of aromatic amines is 1. The number of amides is 1. The molecular formula is C21H28IN5OS. The molecule has 0 saturated heterocycles. The zero-order valence-corrected chi connectivity index (χ0v) is 19.9. The highest BCUT2D eigenvalue weighted by Gasteiger charge is 2.06. The van der Waals surface area contributed by atoms with Crippen LogP contribution in [0.1, 0.15) is 10.4 Å². The lowest BCUT2D eigenvalue weighted by Gasteiger charge is -2.13. The Balaban J connectivity index is 0.00000300. The quantitative estimate of drug-likeness (QED) is 0.240. The summed E-state index contributed by atoms with van der Waals surface area (Å²) in [4.78, 5) is 22.5. The molecule has 0 atom stereocenters. The zero-order chi connectivity index (χ0) is 19.8. The smallest absolute Gasteiger partial charge is 0.243 e. The van der Waals surface area contributed by atoms with E-state index >= 15 is 0 Å². The van der Waals surface area contributed by atoms with Crippen LogP contribution in [0.2, 0.25) is 0 Å². The minimum absolute atomic E-state index is 0. The summed E-state index contributed by atoms with van der Waals surface area (Å²) in [6, 6.07) is 12.5. The number of guanidine groups is 1. The highest BCUT2D eigenvalue weighted by Crippen LogP contribution is 2.17. The molecule has 3 rings (SSSR count). The first-order valence-corrected chi connectivity index (χ1v) is 10.3. The molecule has 0 aliphatic carbocycles. The van der Waals surface area contributed by atoms with Gasteiger partial charge in [-0.15, -0.1) is 35.3 Å². The summed E-state index contributed by atoms with van der Waals surface area (Å²) < 4.78 is 0. The van der Waals surface area contributed by atoms with Crippen molar-refractivity contribution in [2.24, 2.45) is 4.99 Å². The molecular weight excluding hydrogens is 497 g/mol. The number of hydrogen-bond donors (Lipinski definition) is 3. The summed E-state index contributed by atoms with van der Waals surface area (Å²) in [5.41, 5.74) is 2.42. The van der Waals surface area contributed by atoms with E-state index in [0.29, 0.717) is 5.96 Å². The van der Waals surface area contributed by atoms with Crippen LogP contribution in [0.5, 0.6) is 0 Å². The average Bonchev–Trinajstić information content (AvgIpc) is 3.35. The van der Waals surface area contributed by atoms with E-state index in [0.717, 1.165) is 31.4 Å². The summed E-state index contributed by atoms with van der Waals surface area (Å²) in [6.07, 6.45) is 3.86. The number of aliphatic imine (C=N–C) groups is 1. The first kappa shape index (κ1) is 23.2. The fourth-order valence-corrected chi connectivity index (χ4v) is 3.58. The number of thiophene rings is 1. The maximum Gasteiger partial charge on any atom is 0.243 e. The van der Waals surface area contributed by atoms with Crippen molar-refractivity contribution in [3.63, 3.8) is 0 Å². The van der Waals surface area contributed by atoms with Gasteiger partial charge in [-0.1, -0.05) is 24.3 Å². The number of nitrogens with zero attached hydrogens (tertiary/aromatic N) is 2. The van der Waals surface area contributed by atoms with Crippen LogP contribution in [0, 0.1) is 0 Å². The monoisotopic (exact) mass is 525 g/mol. The van der Waals surface area contributed by atoms with Gasteiger partial charge in [-0.2, -0.15) is 0 Å². The zero-order valence-electron chi connectivity index (χ0n) is 16.8. The second-order valence-corrected chi connectivity index (χ2v) is 7.78.